The molecular formula is C51H62N2O15. The lowest BCUT2D eigenvalue weighted by molar-refractivity contribution is -0.346. The van der Waals surface area contributed by atoms with Crippen LogP contribution in [0.2, 0.25) is 0 Å². The van der Waals surface area contributed by atoms with E-state index in [2.05, 4.69) is 11.9 Å². The minimum absolute atomic E-state index is 0.0233. The zero-order chi connectivity index (χ0) is 50.1. The summed E-state index contributed by atoms with van der Waals surface area (Å²) in [4.78, 5) is 100. The Morgan fingerprint density at radius 1 is 0.971 bits per heavy atom. The van der Waals surface area contributed by atoms with Gasteiger partial charge in [0.25, 0.3) is 5.91 Å². The van der Waals surface area contributed by atoms with Crippen molar-refractivity contribution in [3.63, 3.8) is 0 Å². The van der Waals surface area contributed by atoms with Crippen molar-refractivity contribution in [3.05, 3.63) is 107 Å². The van der Waals surface area contributed by atoms with E-state index in [4.69, 9.17) is 28.4 Å². The Hall–Kier alpha value is -6.17. The van der Waals surface area contributed by atoms with Crippen LogP contribution in [-0.2, 0) is 52.4 Å². The van der Waals surface area contributed by atoms with Crippen molar-refractivity contribution in [2.45, 2.75) is 129 Å². The summed E-state index contributed by atoms with van der Waals surface area (Å²) in [6.45, 7) is 15.5. The van der Waals surface area contributed by atoms with Gasteiger partial charge in [-0.25, -0.2) is 14.4 Å². The van der Waals surface area contributed by atoms with Crippen molar-refractivity contribution in [1.82, 2.24) is 10.2 Å². The normalized spacial score (nSPS) is 30.1. The molecule has 17 heteroatoms. The van der Waals surface area contributed by atoms with Gasteiger partial charge in [-0.05, 0) is 56.0 Å². The maximum absolute atomic E-state index is 15.7. The minimum atomic E-state index is -2.45. The van der Waals surface area contributed by atoms with Crippen LogP contribution in [0.15, 0.2) is 96.1 Å². The van der Waals surface area contributed by atoms with E-state index < -0.39 is 119 Å². The SMILES string of the molecule is C=C(/C=C\C)C(=O)N[C@@H](c1ccccc1)[C@@H](OC(=O)N(C)CCC)C(=O)O[C@H]1C[C@@]2(O)[C@@H](OC(=O)c3ccccc3)[C@@H]3[C@]4(OC(C)=O)CO[C@@H]4C[C@H](O)[C@@]3(C)C(=O)[C@H](OC(C)=O)C(=C1C)C2(C)C. The van der Waals surface area contributed by atoms with Gasteiger partial charge < -0.3 is 48.9 Å². The molecule has 2 saturated carbocycles. The molecule has 0 aromatic heterocycles. The maximum Gasteiger partial charge on any atom is 0.410 e. The van der Waals surface area contributed by atoms with Crippen LogP contribution in [0.25, 0.3) is 0 Å². The van der Waals surface area contributed by atoms with Gasteiger partial charge in [-0.3, -0.25) is 19.2 Å². The molecule has 1 aliphatic heterocycles. The molecule has 4 aliphatic rings. The first kappa shape index (κ1) is 51.2. The lowest BCUT2D eigenvalue weighted by atomic mass is 9.44. The Morgan fingerprint density at radius 3 is 2.16 bits per heavy atom. The van der Waals surface area contributed by atoms with E-state index in [9.17, 15) is 34.2 Å². The number of hydrogen-bond acceptors (Lipinski definition) is 15. The molecule has 3 N–H and O–H groups in total. The predicted molar refractivity (Wildman–Crippen MR) is 243 cm³/mol. The van der Waals surface area contributed by atoms with E-state index in [-0.39, 0.29) is 41.9 Å². The fraction of sp³-hybridized carbons (Fsp3) is 0.510. The molecule has 0 unspecified atom stereocenters. The topological polar surface area (TPSA) is 231 Å². The van der Waals surface area contributed by atoms with Gasteiger partial charge in [0.2, 0.25) is 6.10 Å². The summed E-state index contributed by atoms with van der Waals surface area (Å²) < 4.78 is 36.7. The summed E-state index contributed by atoms with van der Waals surface area (Å²) in [5, 5.41) is 28.8. The molecule has 2 bridgehead atoms. The largest absolute Gasteiger partial charge is 0.455 e. The average molecular weight is 943 g/mol. The molecule has 0 radical (unpaired) electrons. The number of hydrogen-bond donors (Lipinski definition) is 3. The number of benzene rings is 2. The summed E-state index contributed by atoms with van der Waals surface area (Å²) in [5.74, 6) is -7.04. The number of fused-ring (bicyclic) bond motifs is 5. The number of amides is 2. The Labute approximate surface area is 395 Å². The highest BCUT2D eigenvalue weighted by Crippen LogP contribution is 2.64. The third kappa shape index (κ3) is 9.10. The Morgan fingerprint density at radius 2 is 1.60 bits per heavy atom. The molecule has 366 valence electrons. The fourth-order valence-electron chi connectivity index (χ4n) is 10.6. The number of aliphatic hydroxyl groups excluding tert-OH is 1. The number of allylic oxidation sites excluding steroid dienone is 1. The molecule has 2 aromatic carbocycles. The van der Waals surface area contributed by atoms with Crippen LogP contribution in [0.5, 0.6) is 0 Å². The number of Topliss-reactive ketones (excluding diaryl/α,β-unsaturated/α-hetero) is 1. The number of ketones is 1. The maximum atomic E-state index is 15.7. The van der Waals surface area contributed by atoms with Crippen molar-refractivity contribution in [1.29, 1.82) is 0 Å². The molecule has 11 atom stereocenters. The quantitative estimate of drug-likeness (QED) is 0.0741. The fourth-order valence-corrected chi connectivity index (χ4v) is 10.6. The number of rotatable bonds is 14. The second kappa shape index (κ2) is 19.8. The summed E-state index contributed by atoms with van der Waals surface area (Å²) in [7, 11) is 1.47. The van der Waals surface area contributed by atoms with Gasteiger partial charge >= 0.3 is 30.0 Å². The molecular weight excluding hydrogens is 881 g/mol. The number of carbonyl (C=O) groups excluding carboxylic acids is 7. The molecule has 6 rings (SSSR count). The smallest absolute Gasteiger partial charge is 0.410 e. The van der Waals surface area contributed by atoms with Gasteiger partial charge in [0, 0.05) is 51.3 Å². The monoisotopic (exact) mass is 942 g/mol. The van der Waals surface area contributed by atoms with E-state index >= 15 is 9.59 Å². The zero-order valence-electron chi connectivity index (χ0n) is 39.9. The van der Waals surface area contributed by atoms with Crippen LogP contribution in [0, 0.1) is 16.7 Å². The minimum Gasteiger partial charge on any atom is -0.455 e. The molecule has 2 amide bonds. The third-order valence-electron chi connectivity index (χ3n) is 14.2. The Kier molecular flexibility index (Phi) is 14.9. The third-order valence-corrected chi connectivity index (χ3v) is 14.2. The lowest BCUT2D eigenvalue weighted by Gasteiger charge is -2.67. The van der Waals surface area contributed by atoms with Crippen LogP contribution in [-0.4, -0.2) is 125 Å². The second-order valence-corrected chi connectivity index (χ2v) is 18.8. The number of ether oxygens (including phenoxy) is 6. The van der Waals surface area contributed by atoms with E-state index in [0.29, 0.717) is 12.0 Å². The van der Waals surface area contributed by atoms with Crippen LogP contribution in [0.1, 0.15) is 96.6 Å². The summed E-state index contributed by atoms with van der Waals surface area (Å²) >= 11 is 0. The Bertz CT molecular complexity index is 2380. The summed E-state index contributed by atoms with van der Waals surface area (Å²) in [6.07, 6.45) is -8.01. The molecule has 68 heavy (non-hydrogen) atoms. The predicted octanol–water partition coefficient (Wildman–Crippen LogP) is 5.04. The summed E-state index contributed by atoms with van der Waals surface area (Å²) in [6, 6.07) is 14.7. The van der Waals surface area contributed by atoms with Gasteiger partial charge in [-0.2, -0.15) is 0 Å². The van der Waals surface area contributed by atoms with Crippen molar-refractivity contribution < 1.29 is 72.2 Å². The van der Waals surface area contributed by atoms with Gasteiger partial charge in [-0.1, -0.05) is 88.0 Å². The average Bonchev–Trinajstić information content (AvgIpc) is 3.28. The molecule has 1 heterocycles. The van der Waals surface area contributed by atoms with E-state index in [1.165, 1.54) is 44.0 Å². The molecule has 3 aliphatic carbocycles. The van der Waals surface area contributed by atoms with Crippen LogP contribution >= 0.6 is 0 Å². The molecule has 17 nitrogen and oxygen atoms in total. The highest BCUT2D eigenvalue weighted by atomic mass is 16.6. The number of nitrogens with one attached hydrogen (secondary N) is 1. The Balaban J connectivity index is 1.59. The van der Waals surface area contributed by atoms with Crippen LogP contribution in [0.3, 0.4) is 0 Å². The zero-order valence-corrected chi connectivity index (χ0v) is 39.9. The van der Waals surface area contributed by atoms with Gasteiger partial charge in [-0.15, -0.1) is 0 Å². The number of esters is 4. The molecule has 1 saturated heterocycles. The highest BCUT2D eigenvalue weighted by molar-refractivity contribution is 5.97. The number of aliphatic hydroxyl groups is 2. The lowest BCUT2D eigenvalue weighted by Crippen LogP contribution is -2.82. The van der Waals surface area contributed by atoms with Crippen molar-refractivity contribution in [2.75, 3.05) is 20.2 Å². The summed E-state index contributed by atoms with van der Waals surface area (Å²) in [5.41, 5.74) is -7.53. The highest BCUT2D eigenvalue weighted by Gasteiger charge is 2.78. The standard InChI is InChI=1S/C51H62N2O15/c1-11-19-28(3)44(58)52-38(32-20-15-13-16-21-32)40(66-47(61)53(10)24-12-2)46(60)65-34-26-51(62)43(67-45(59)33-22-17-14-18-23-33)41-49(9,35(56)25-36-50(41,27-63-36)68-31(6)55)42(57)39(64-30(5)54)37(29(34)4)48(51,7)8/h11,13-23,34-36,38-41,43,56,62H,3,12,24-27H2,1-2,4-10H3,(H,52,58)/b19-11-/t34-,35-,36+,38-,39+,40+,41-,43-,49+,50-,51+/m0/s1. The first-order valence-electron chi connectivity index (χ1n) is 22.7. The van der Waals surface area contributed by atoms with E-state index in [0.717, 1.165) is 13.8 Å². The van der Waals surface area contributed by atoms with E-state index in [1.54, 1.807) is 75.4 Å². The molecule has 3 fully saturated rings. The number of nitrogens with zero attached hydrogens (tertiary/aromatic N) is 1. The first-order chi connectivity index (χ1) is 32.0. The molecule has 0 spiro atoms. The van der Waals surface area contributed by atoms with Crippen molar-refractivity contribution in [2.24, 2.45) is 16.7 Å². The van der Waals surface area contributed by atoms with Gasteiger partial charge in [0.15, 0.2) is 17.5 Å². The van der Waals surface area contributed by atoms with Gasteiger partial charge in [0.05, 0.1) is 29.6 Å². The number of carbonyl (C=O) groups is 7. The molecule has 2 aromatic rings. The first-order valence-corrected chi connectivity index (χ1v) is 22.7. The van der Waals surface area contributed by atoms with Gasteiger partial charge in [0.1, 0.15) is 30.0 Å². The van der Waals surface area contributed by atoms with Crippen LogP contribution < -0.4 is 5.32 Å². The van der Waals surface area contributed by atoms with Crippen LogP contribution in [0.4, 0.5) is 4.79 Å². The van der Waals surface area contributed by atoms with E-state index in [1.807, 2.05) is 6.92 Å². The second-order valence-electron chi connectivity index (χ2n) is 18.8. The van der Waals surface area contributed by atoms with Crippen molar-refractivity contribution in [3.8, 4) is 0 Å². The van der Waals surface area contributed by atoms with Crippen molar-refractivity contribution >= 4 is 41.7 Å².